The van der Waals surface area contributed by atoms with Crippen LogP contribution in [-0.4, -0.2) is 19.5 Å². The molecule has 0 radical (unpaired) electrons. The van der Waals surface area contributed by atoms with Crippen LogP contribution in [0.3, 0.4) is 0 Å². The molecule has 1 spiro atoms. The zero-order valence-corrected chi connectivity index (χ0v) is 25.8. The highest BCUT2D eigenvalue weighted by molar-refractivity contribution is 6.09. The molecule has 9 aromatic rings. The number of hydrogen-bond acceptors (Lipinski definition) is 3. The Labute approximate surface area is 276 Å². The van der Waals surface area contributed by atoms with Gasteiger partial charge in [-0.3, -0.25) is 4.57 Å². The highest BCUT2D eigenvalue weighted by Crippen LogP contribution is 2.60. The lowest BCUT2D eigenvalue weighted by Crippen LogP contribution is -2.27. The van der Waals surface area contributed by atoms with Crippen LogP contribution in [0.15, 0.2) is 158 Å². The maximum atomic E-state index is 5.40. The van der Waals surface area contributed by atoms with Crippen LogP contribution < -0.4 is 0 Å². The second kappa shape index (κ2) is 9.34. The van der Waals surface area contributed by atoms with Crippen LogP contribution in [0.5, 0.6) is 0 Å². The first kappa shape index (κ1) is 25.8. The molecule has 7 aromatic carbocycles. The highest BCUT2D eigenvalue weighted by atomic mass is 15.1. The summed E-state index contributed by atoms with van der Waals surface area (Å²) in [5.41, 5.74) is 12.9. The zero-order valence-electron chi connectivity index (χ0n) is 25.8. The number of fused-ring (bicyclic) bond motifs is 15. The van der Waals surface area contributed by atoms with Crippen LogP contribution in [0, 0.1) is 0 Å². The van der Waals surface area contributed by atoms with E-state index in [1.807, 2.05) is 6.07 Å². The van der Waals surface area contributed by atoms with E-state index in [9.17, 15) is 0 Å². The van der Waals surface area contributed by atoms with E-state index < -0.39 is 5.41 Å². The Hall–Kier alpha value is -6.39. The summed E-state index contributed by atoms with van der Waals surface area (Å²) in [7, 11) is 0. The summed E-state index contributed by atoms with van der Waals surface area (Å²) in [5, 5.41) is 3.34. The monoisotopic (exact) mass is 610 g/mol. The maximum Gasteiger partial charge on any atom is 0.160 e. The Bertz CT molecular complexity index is 2800. The van der Waals surface area contributed by atoms with Crippen molar-refractivity contribution in [2.45, 2.75) is 5.41 Å². The number of para-hydroxylation sites is 3. The Kier molecular flexibility index (Phi) is 5.01. The number of benzene rings is 7. The molecule has 2 aliphatic rings. The first-order valence-electron chi connectivity index (χ1n) is 16.4. The lowest BCUT2D eigenvalue weighted by molar-refractivity contribution is 0.738. The molecule has 4 nitrogen and oxygen atoms in total. The van der Waals surface area contributed by atoms with Crippen molar-refractivity contribution in [3.63, 3.8) is 0 Å². The molecule has 4 heteroatoms. The Morgan fingerprint density at radius 2 is 1.23 bits per heavy atom. The predicted molar refractivity (Wildman–Crippen MR) is 193 cm³/mol. The van der Waals surface area contributed by atoms with Crippen molar-refractivity contribution in [3.8, 4) is 39.5 Å². The summed E-state index contributed by atoms with van der Waals surface area (Å²) in [6.45, 7) is 0. The lowest BCUT2D eigenvalue weighted by Gasteiger charge is -2.27. The van der Waals surface area contributed by atoms with Crippen molar-refractivity contribution >= 4 is 32.7 Å². The van der Waals surface area contributed by atoms with Gasteiger partial charge >= 0.3 is 0 Å². The van der Waals surface area contributed by atoms with Crippen molar-refractivity contribution in [1.82, 2.24) is 19.5 Å². The van der Waals surface area contributed by atoms with E-state index in [1.165, 1.54) is 38.9 Å². The van der Waals surface area contributed by atoms with Gasteiger partial charge in [0.05, 0.1) is 27.9 Å². The molecule has 1 unspecified atom stereocenters. The average Bonchev–Trinajstić information content (AvgIpc) is 3.78. The third-order valence-corrected chi connectivity index (χ3v) is 10.4. The van der Waals surface area contributed by atoms with Crippen molar-refractivity contribution in [1.29, 1.82) is 0 Å². The number of hydrogen-bond donors (Lipinski definition) is 0. The van der Waals surface area contributed by atoms with Crippen molar-refractivity contribution in [3.05, 3.63) is 180 Å². The minimum atomic E-state index is -0.580. The maximum absolute atomic E-state index is 5.40. The van der Waals surface area contributed by atoms with E-state index in [0.29, 0.717) is 5.82 Å². The summed E-state index contributed by atoms with van der Waals surface area (Å²) in [5.74, 6) is 1.75. The van der Waals surface area contributed by atoms with Gasteiger partial charge in [0.25, 0.3) is 0 Å². The largest absolute Gasteiger partial charge is 0.295 e. The number of nitrogens with zero attached hydrogens (tertiary/aromatic N) is 4. The Morgan fingerprint density at radius 1 is 0.479 bits per heavy atom. The SMILES string of the molecule is c1ccc(-c2nc(-c3ccc4c(c3)C3(c5ccccc5-4)c4ccccc4-n4c3nc3ccccc34)nc3c2ccc2ccccc23)cc1. The van der Waals surface area contributed by atoms with E-state index in [-0.39, 0.29) is 0 Å². The van der Waals surface area contributed by atoms with Crippen LogP contribution in [0.2, 0.25) is 0 Å². The third kappa shape index (κ3) is 3.21. The number of aromatic nitrogens is 4. The van der Waals surface area contributed by atoms with Gasteiger partial charge in [-0.25, -0.2) is 15.0 Å². The number of rotatable bonds is 2. The molecule has 2 aromatic heterocycles. The van der Waals surface area contributed by atoms with Gasteiger partial charge in [0.2, 0.25) is 0 Å². The molecule has 0 bridgehead atoms. The molecule has 48 heavy (non-hydrogen) atoms. The van der Waals surface area contributed by atoms with Crippen LogP contribution >= 0.6 is 0 Å². The molecule has 0 amide bonds. The summed E-state index contributed by atoms with van der Waals surface area (Å²) < 4.78 is 2.37. The smallest absolute Gasteiger partial charge is 0.160 e. The molecule has 0 N–H and O–H groups in total. The molecule has 1 atom stereocenters. The van der Waals surface area contributed by atoms with E-state index >= 15 is 0 Å². The van der Waals surface area contributed by atoms with Gasteiger partial charge in [-0.1, -0.05) is 127 Å². The van der Waals surface area contributed by atoms with Gasteiger partial charge in [-0.15, -0.1) is 0 Å². The predicted octanol–water partition coefficient (Wildman–Crippen LogP) is 10.1. The van der Waals surface area contributed by atoms with Crippen LogP contribution in [0.4, 0.5) is 0 Å². The summed E-state index contributed by atoms with van der Waals surface area (Å²) in [4.78, 5) is 16.1. The molecule has 0 saturated carbocycles. The second-order valence-electron chi connectivity index (χ2n) is 12.8. The van der Waals surface area contributed by atoms with Crippen LogP contribution in [0.25, 0.3) is 72.2 Å². The molecule has 1 aliphatic carbocycles. The lowest BCUT2D eigenvalue weighted by atomic mass is 9.72. The topological polar surface area (TPSA) is 43.6 Å². The van der Waals surface area contributed by atoms with Gasteiger partial charge in [-0.05, 0) is 63.5 Å². The van der Waals surface area contributed by atoms with E-state index in [4.69, 9.17) is 15.0 Å². The molecule has 1 aliphatic heterocycles. The molecule has 0 saturated heterocycles. The quantitative estimate of drug-likeness (QED) is 0.183. The zero-order chi connectivity index (χ0) is 31.4. The summed E-state index contributed by atoms with van der Waals surface area (Å²) >= 11 is 0. The molecule has 3 heterocycles. The fraction of sp³-hybridized carbons (Fsp3) is 0.0227. The average molecular weight is 611 g/mol. The normalized spacial score (nSPS) is 15.6. The minimum Gasteiger partial charge on any atom is -0.295 e. The highest BCUT2D eigenvalue weighted by Gasteiger charge is 2.54. The molecular weight excluding hydrogens is 585 g/mol. The Morgan fingerprint density at radius 3 is 2.17 bits per heavy atom. The van der Waals surface area contributed by atoms with E-state index in [0.717, 1.165) is 50.0 Å². The van der Waals surface area contributed by atoms with Gasteiger partial charge in [0.1, 0.15) is 11.2 Å². The van der Waals surface area contributed by atoms with E-state index in [2.05, 4.69) is 156 Å². The van der Waals surface area contributed by atoms with Gasteiger partial charge in [0.15, 0.2) is 5.82 Å². The fourth-order valence-electron chi connectivity index (χ4n) is 8.39. The van der Waals surface area contributed by atoms with Crippen molar-refractivity contribution in [2.24, 2.45) is 0 Å². The standard InChI is InChI=1S/C44H26N4/c1-2-13-28(14-3-1)40-33-25-22-27-12-4-5-15-30(27)41(33)47-42(46-40)29-23-24-32-31-16-6-7-17-34(31)44(36(32)26-29)35-18-8-10-20-38(35)48-39-21-11-9-19-37(39)45-43(44)48/h1-26H. The van der Waals surface area contributed by atoms with Gasteiger partial charge < -0.3 is 0 Å². The molecule has 11 rings (SSSR count). The summed E-state index contributed by atoms with van der Waals surface area (Å²) in [6.07, 6.45) is 0. The third-order valence-electron chi connectivity index (χ3n) is 10.4. The fourth-order valence-corrected chi connectivity index (χ4v) is 8.39. The van der Waals surface area contributed by atoms with Gasteiger partial charge in [-0.2, -0.15) is 0 Å². The van der Waals surface area contributed by atoms with E-state index in [1.54, 1.807) is 0 Å². The van der Waals surface area contributed by atoms with Crippen LogP contribution in [-0.2, 0) is 5.41 Å². The first-order chi connectivity index (χ1) is 23.8. The second-order valence-corrected chi connectivity index (χ2v) is 12.8. The first-order valence-corrected chi connectivity index (χ1v) is 16.4. The van der Waals surface area contributed by atoms with Crippen LogP contribution in [0.1, 0.15) is 22.5 Å². The number of imidazole rings is 1. The van der Waals surface area contributed by atoms with Crippen molar-refractivity contribution < 1.29 is 0 Å². The molecule has 0 fully saturated rings. The molecular formula is C44H26N4. The van der Waals surface area contributed by atoms with Gasteiger partial charge in [0, 0.05) is 21.9 Å². The molecule has 222 valence electrons. The van der Waals surface area contributed by atoms with Crippen molar-refractivity contribution in [2.75, 3.05) is 0 Å². The minimum absolute atomic E-state index is 0.580. The summed E-state index contributed by atoms with van der Waals surface area (Å²) in [6, 6.07) is 56.2. The Balaban J connectivity index is 1.24.